The average molecular weight is 181 g/mol. The molecule has 0 aliphatic rings. The summed E-state index contributed by atoms with van der Waals surface area (Å²) in [6.45, 7) is 1.15. The van der Waals surface area contributed by atoms with E-state index in [1.54, 1.807) is 7.11 Å². The molecule has 0 fully saturated rings. The van der Waals surface area contributed by atoms with Gasteiger partial charge in [0.1, 0.15) is 6.61 Å². The summed E-state index contributed by atoms with van der Waals surface area (Å²) >= 11 is 0. The molecule has 0 saturated carbocycles. The fourth-order valence-corrected chi connectivity index (χ4v) is 1.21. The highest BCUT2D eigenvalue weighted by Gasteiger charge is 1.99. The summed E-state index contributed by atoms with van der Waals surface area (Å²) in [6.07, 6.45) is 5.49. The third-order valence-corrected chi connectivity index (χ3v) is 1.84. The van der Waals surface area contributed by atoms with Gasteiger partial charge in [-0.3, -0.25) is 4.79 Å². The number of aryl methyl sites for hydroxylation is 1. The Balaban J connectivity index is 2.11. The first-order valence-corrected chi connectivity index (χ1v) is 4.44. The summed E-state index contributed by atoms with van der Waals surface area (Å²) in [5.41, 5.74) is 0. The van der Waals surface area contributed by atoms with Gasteiger partial charge in [-0.1, -0.05) is 0 Å². The minimum Gasteiger partial charge on any atom is -0.377 e. The van der Waals surface area contributed by atoms with Crippen LogP contribution in [-0.2, 0) is 16.1 Å². The van der Waals surface area contributed by atoms with Crippen molar-refractivity contribution in [3.05, 3.63) is 24.5 Å². The van der Waals surface area contributed by atoms with Gasteiger partial charge in [0.25, 0.3) is 0 Å². The van der Waals surface area contributed by atoms with Crippen molar-refractivity contribution in [2.24, 2.45) is 0 Å². The summed E-state index contributed by atoms with van der Waals surface area (Å²) < 4.78 is 6.80. The van der Waals surface area contributed by atoms with E-state index in [0.717, 1.165) is 13.0 Å². The molecule has 1 rings (SSSR count). The molecule has 72 valence electrons. The van der Waals surface area contributed by atoms with Gasteiger partial charge in [0.15, 0.2) is 5.78 Å². The second kappa shape index (κ2) is 5.54. The van der Waals surface area contributed by atoms with Gasteiger partial charge < -0.3 is 9.30 Å². The predicted molar refractivity (Wildman–Crippen MR) is 50.5 cm³/mol. The van der Waals surface area contributed by atoms with Crippen LogP contribution in [0, 0.1) is 0 Å². The molecule has 0 spiro atoms. The Labute approximate surface area is 78.3 Å². The molecule has 0 aromatic carbocycles. The molecule has 3 heteroatoms. The lowest BCUT2D eigenvalue weighted by Crippen LogP contribution is -2.07. The summed E-state index contributed by atoms with van der Waals surface area (Å²) in [5, 5.41) is 0. The van der Waals surface area contributed by atoms with E-state index >= 15 is 0 Å². The summed E-state index contributed by atoms with van der Waals surface area (Å²) in [6, 6.07) is 3.97. The van der Waals surface area contributed by atoms with Crippen LogP contribution in [0.2, 0.25) is 0 Å². The Morgan fingerprint density at radius 2 is 2.08 bits per heavy atom. The Morgan fingerprint density at radius 1 is 1.38 bits per heavy atom. The maximum atomic E-state index is 11.0. The van der Waals surface area contributed by atoms with Crippen molar-refractivity contribution >= 4 is 5.78 Å². The Hall–Kier alpha value is -1.09. The van der Waals surface area contributed by atoms with Gasteiger partial charge >= 0.3 is 0 Å². The molecule has 0 bridgehead atoms. The SMILES string of the molecule is COCC(=O)CCCn1cccc1. The van der Waals surface area contributed by atoms with E-state index in [9.17, 15) is 4.79 Å². The lowest BCUT2D eigenvalue weighted by Gasteiger charge is -2.01. The van der Waals surface area contributed by atoms with Crippen molar-refractivity contribution in [2.45, 2.75) is 19.4 Å². The van der Waals surface area contributed by atoms with Gasteiger partial charge in [-0.15, -0.1) is 0 Å². The summed E-state index contributed by atoms with van der Waals surface area (Å²) in [7, 11) is 1.55. The number of aromatic nitrogens is 1. The van der Waals surface area contributed by atoms with Crippen LogP contribution in [0.3, 0.4) is 0 Å². The fraction of sp³-hybridized carbons (Fsp3) is 0.500. The quantitative estimate of drug-likeness (QED) is 0.665. The molecule has 0 radical (unpaired) electrons. The third-order valence-electron chi connectivity index (χ3n) is 1.84. The van der Waals surface area contributed by atoms with Crippen molar-refractivity contribution in [3.8, 4) is 0 Å². The van der Waals surface area contributed by atoms with Crippen LogP contribution < -0.4 is 0 Å². The first-order chi connectivity index (χ1) is 6.33. The van der Waals surface area contributed by atoms with Gasteiger partial charge in [0, 0.05) is 32.5 Å². The Bertz CT molecular complexity index is 241. The molecule has 0 N–H and O–H groups in total. The molecule has 0 aliphatic carbocycles. The largest absolute Gasteiger partial charge is 0.377 e. The maximum Gasteiger partial charge on any atom is 0.158 e. The topological polar surface area (TPSA) is 31.2 Å². The molecule has 1 heterocycles. The van der Waals surface area contributed by atoms with Gasteiger partial charge in [-0.25, -0.2) is 0 Å². The molecule has 0 amide bonds. The molecule has 1 aromatic heterocycles. The number of hydrogen-bond acceptors (Lipinski definition) is 2. The number of nitrogens with zero attached hydrogens (tertiary/aromatic N) is 1. The maximum absolute atomic E-state index is 11.0. The molecule has 13 heavy (non-hydrogen) atoms. The van der Waals surface area contributed by atoms with E-state index < -0.39 is 0 Å². The average Bonchev–Trinajstić information content (AvgIpc) is 2.57. The second-order valence-electron chi connectivity index (χ2n) is 3.00. The number of hydrogen-bond donors (Lipinski definition) is 0. The molecular formula is C10H15NO2. The number of Topliss-reactive ketones (excluding diaryl/α,β-unsaturated/α-hetero) is 1. The number of ketones is 1. The molecule has 0 saturated heterocycles. The minimum absolute atomic E-state index is 0.176. The highest BCUT2D eigenvalue weighted by molar-refractivity contribution is 5.79. The summed E-state index contributed by atoms with van der Waals surface area (Å²) in [4.78, 5) is 11.0. The zero-order valence-electron chi connectivity index (χ0n) is 7.90. The van der Waals surface area contributed by atoms with E-state index in [0.29, 0.717) is 6.42 Å². The van der Waals surface area contributed by atoms with Crippen molar-refractivity contribution in [3.63, 3.8) is 0 Å². The molecule has 0 unspecified atom stereocenters. The number of methoxy groups -OCH3 is 1. The van der Waals surface area contributed by atoms with Gasteiger partial charge in [-0.2, -0.15) is 0 Å². The summed E-state index contributed by atoms with van der Waals surface area (Å²) in [5.74, 6) is 0.176. The predicted octanol–water partition coefficient (Wildman–Crippen LogP) is 1.48. The lowest BCUT2D eigenvalue weighted by atomic mass is 10.2. The highest BCUT2D eigenvalue weighted by atomic mass is 16.5. The molecule has 0 aliphatic heterocycles. The molecule has 1 aromatic rings. The normalized spacial score (nSPS) is 10.2. The first-order valence-electron chi connectivity index (χ1n) is 4.44. The standard InChI is InChI=1S/C10H15NO2/c1-13-9-10(12)5-4-8-11-6-2-3-7-11/h2-3,6-7H,4-5,8-9H2,1H3. The van der Waals surface area contributed by atoms with E-state index in [4.69, 9.17) is 4.74 Å². The van der Waals surface area contributed by atoms with Crippen molar-refractivity contribution in [1.82, 2.24) is 4.57 Å². The van der Waals surface area contributed by atoms with E-state index in [1.165, 1.54) is 0 Å². The third kappa shape index (κ3) is 3.90. The number of rotatable bonds is 6. The van der Waals surface area contributed by atoms with E-state index in [-0.39, 0.29) is 12.4 Å². The van der Waals surface area contributed by atoms with Gasteiger partial charge in [0.05, 0.1) is 0 Å². The van der Waals surface area contributed by atoms with Crippen LogP contribution in [0.4, 0.5) is 0 Å². The molecule has 0 atom stereocenters. The Kier molecular flexibility index (Phi) is 4.26. The van der Waals surface area contributed by atoms with E-state index in [1.807, 2.05) is 24.5 Å². The van der Waals surface area contributed by atoms with Crippen molar-refractivity contribution < 1.29 is 9.53 Å². The van der Waals surface area contributed by atoms with Crippen LogP contribution in [-0.4, -0.2) is 24.1 Å². The van der Waals surface area contributed by atoms with Crippen molar-refractivity contribution in [1.29, 1.82) is 0 Å². The highest BCUT2D eigenvalue weighted by Crippen LogP contribution is 1.97. The van der Waals surface area contributed by atoms with E-state index in [2.05, 4.69) is 4.57 Å². The van der Waals surface area contributed by atoms with Crippen LogP contribution in [0.15, 0.2) is 24.5 Å². The van der Waals surface area contributed by atoms with Crippen LogP contribution in [0.1, 0.15) is 12.8 Å². The van der Waals surface area contributed by atoms with Crippen molar-refractivity contribution in [2.75, 3.05) is 13.7 Å². The number of carbonyl (C=O) groups is 1. The van der Waals surface area contributed by atoms with Gasteiger partial charge in [0.2, 0.25) is 0 Å². The minimum atomic E-state index is 0.176. The van der Waals surface area contributed by atoms with Crippen LogP contribution in [0.5, 0.6) is 0 Å². The van der Waals surface area contributed by atoms with Crippen LogP contribution >= 0.6 is 0 Å². The second-order valence-corrected chi connectivity index (χ2v) is 3.00. The smallest absolute Gasteiger partial charge is 0.158 e. The molecule has 3 nitrogen and oxygen atoms in total. The number of carbonyl (C=O) groups excluding carboxylic acids is 1. The fourth-order valence-electron chi connectivity index (χ4n) is 1.21. The van der Waals surface area contributed by atoms with Gasteiger partial charge in [-0.05, 0) is 18.6 Å². The molecular weight excluding hydrogens is 166 g/mol. The zero-order chi connectivity index (χ0) is 9.52. The lowest BCUT2D eigenvalue weighted by molar-refractivity contribution is -0.122. The monoisotopic (exact) mass is 181 g/mol. The van der Waals surface area contributed by atoms with Crippen LogP contribution in [0.25, 0.3) is 0 Å². The Morgan fingerprint density at radius 3 is 2.69 bits per heavy atom. The first kappa shape index (κ1) is 9.99. The number of ether oxygens (including phenoxy) is 1. The zero-order valence-corrected chi connectivity index (χ0v) is 7.90.